The highest BCUT2D eigenvalue weighted by molar-refractivity contribution is 5.80. The van der Waals surface area contributed by atoms with E-state index in [2.05, 4.69) is 88.4 Å². The molecule has 0 saturated carbocycles. The molecule has 0 spiro atoms. The van der Waals surface area contributed by atoms with E-state index in [4.69, 9.17) is 0 Å². The number of hydrogen-bond acceptors (Lipinski definition) is 0. The van der Waals surface area contributed by atoms with Crippen LogP contribution >= 0.6 is 0 Å². The summed E-state index contributed by atoms with van der Waals surface area (Å²) in [5.41, 5.74) is 10.8. The van der Waals surface area contributed by atoms with Gasteiger partial charge >= 0.3 is 0 Å². The molecule has 0 amide bonds. The van der Waals surface area contributed by atoms with Crippen LogP contribution < -0.4 is 0 Å². The van der Waals surface area contributed by atoms with Crippen molar-refractivity contribution in [1.29, 1.82) is 0 Å². The molecule has 0 nitrogen and oxygen atoms in total. The Labute approximate surface area is 139 Å². The van der Waals surface area contributed by atoms with Crippen molar-refractivity contribution in [2.24, 2.45) is 0 Å². The fourth-order valence-electron chi connectivity index (χ4n) is 3.40. The summed E-state index contributed by atoms with van der Waals surface area (Å²) in [6, 6.07) is 22.1. The van der Waals surface area contributed by atoms with Crippen LogP contribution in [0.3, 0.4) is 0 Å². The van der Waals surface area contributed by atoms with E-state index in [0.29, 0.717) is 0 Å². The first-order valence-corrected chi connectivity index (χ1v) is 8.37. The molecule has 116 valence electrons. The van der Waals surface area contributed by atoms with Crippen LogP contribution in [0.15, 0.2) is 60.7 Å². The maximum Gasteiger partial charge on any atom is -0.0146 e. The monoisotopic (exact) mass is 300 g/mol. The highest BCUT2D eigenvalue weighted by Gasteiger charge is 2.11. The van der Waals surface area contributed by atoms with Crippen molar-refractivity contribution in [2.45, 2.75) is 34.1 Å². The van der Waals surface area contributed by atoms with Gasteiger partial charge in [-0.1, -0.05) is 61.5 Å². The van der Waals surface area contributed by atoms with E-state index in [1.165, 1.54) is 44.5 Å². The zero-order valence-corrected chi connectivity index (χ0v) is 14.5. The number of benzene rings is 3. The number of hydrogen-bond donors (Lipinski definition) is 0. The molecule has 0 unspecified atom stereocenters. The molecule has 0 heterocycles. The van der Waals surface area contributed by atoms with Gasteiger partial charge < -0.3 is 0 Å². The van der Waals surface area contributed by atoms with E-state index >= 15 is 0 Å². The smallest absolute Gasteiger partial charge is 0.0146 e. The number of aryl methyl sites for hydroxylation is 4. The van der Waals surface area contributed by atoms with E-state index < -0.39 is 0 Å². The third kappa shape index (κ3) is 2.94. The quantitative estimate of drug-likeness (QED) is 0.517. The molecule has 0 N–H and O–H groups in total. The van der Waals surface area contributed by atoms with Crippen molar-refractivity contribution in [1.82, 2.24) is 0 Å². The topological polar surface area (TPSA) is 0 Å². The molecule has 3 aromatic rings. The molecule has 0 aliphatic carbocycles. The first-order chi connectivity index (χ1) is 11.1. The Bertz CT molecular complexity index is 840. The summed E-state index contributed by atoms with van der Waals surface area (Å²) in [6.45, 7) is 8.85. The molecule has 0 atom stereocenters. The van der Waals surface area contributed by atoms with Crippen molar-refractivity contribution in [3.63, 3.8) is 0 Å². The van der Waals surface area contributed by atoms with Crippen LogP contribution in [0, 0.1) is 20.8 Å². The molecule has 0 aromatic heterocycles. The molecule has 0 aliphatic heterocycles. The fraction of sp³-hybridized carbons (Fsp3) is 0.217. The van der Waals surface area contributed by atoms with E-state index in [-0.39, 0.29) is 0 Å². The lowest BCUT2D eigenvalue weighted by molar-refractivity contribution is 1.14. The second-order valence-electron chi connectivity index (χ2n) is 6.31. The second-order valence-corrected chi connectivity index (χ2v) is 6.31. The van der Waals surface area contributed by atoms with Crippen molar-refractivity contribution in [3.05, 3.63) is 82.9 Å². The van der Waals surface area contributed by atoms with Gasteiger partial charge in [-0.15, -0.1) is 0 Å². The minimum Gasteiger partial charge on any atom is -0.0620 e. The molecular formula is C23H24. The minimum atomic E-state index is 1.06. The Morgan fingerprint density at radius 1 is 0.565 bits per heavy atom. The maximum absolute atomic E-state index is 2.38. The van der Waals surface area contributed by atoms with Crippen LogP contribution in [0.5, 0.6) is 0 Å². The van der Waals surface area contributed by atoms with Gasteiger partial charge in [0.2, 0.25) is 0 Å². The van der Waals surface area contributed by atoms with Gasteiger partial charge in [-0.05, 0) is 77.8 Å². The molecule has 3 aromatic carbocycles. The third-order valence-corrected chi connectivity index (χ3v) is 4.70. The molecule has 0 radical (unpaired) electrons. The van der Waals surface area contributed by atoms with Gasteiger partial charge in [-0.2, -0.15) is 0 Å². The van der Waals surface area contributed by atoms with E-state index in [1.54, 1.807) is 0 Å². The van der Waals surface area contributed by atoms with Crippen LogP contribution in [0.25, 0.3) is 22.3 Å². The molecule has 0 saturated heterocycles. The highest BCUT2D eigenvalue weighted by atomic mass is 14.2. The summed E-state index contributed by atoms with van der Waals surface area (Å²) in [5.74, 6) is 0. The predicted octanol–water partition coefficient (Wildman–Crippen LogP) is 6.51. The zero-order valence-electron chi connectivity index (χ0n) is 14.5. The normalized spacial score (nSPS) is 10.8. The lowest BCUT2D eigenvalue weighted by atomic mass is 9.88. The van der Waals surface area contributed by atoms with Crippen LogP contribution in [-0.4, -0.2) is 0 Å². The SMILES string of the molecule is CCc1ccccc1-c1cc(-c2ccccc2C)c(C)cc1C. The Morgan fingerprint density at radius 2 is 1.13 bits per heavy atom. The van der Waals surface area contributed by atoms with Gasteiger partial charge in [0, 0.05) is 0 Å². The van der Waals surface area contributed by atoms with Gasteiger partial charge in [0.05, 0.1) is 0 Å². The first kappa shape index (κ1) is 15.6. The summed E-state index contributed by atoms with van der Waals surface area (Å²) in [6.07, 6.45) is 1.06. The van der Waals surface area contributed by atoms with E-state index in [1.807, 2.05) is 0 Å². The van der Waals surface area contributed by atoms with Crippen molar-refractivity contribution >= 4 is 0 Å². The van der Waals surface area contributed by atoms with Crippen LogP contribution in [-0.2, 0) is 6.42 Å². The lowest BCUT2D eigenvalue weighted by Gasteiger charge is -2.16. The maximum atomic E-state index is 2.38. The fourth-order valence-corrected chi connectivity index (χ4v) is 3.40. The zero-order chi connectivity index (χ0) is 16.4. The summed E-state index contributed by atoms with van der Waals surface area (Å²) < 4.78 is 0. The Balaban J connectivity index is 2.24. The molecule has 23 heavy (non-hydrogen) atoms. The summed E-state index contributed by atoms with van der Waals surface area (Å²) in [4.78, 5) is 0. The van der Waals surface area contributed by atoms with Crippen molar-refractivity contribution in [2.75, 3.05) is 0 Å². The molecule has 0 bridgehead atoms. The highest BCUT2D eigenvalue weighted by Crippen LogP contribution is 2.35. The standard InChI is InChI=1S/C23H24/c1-5-19-11-7-9-13-21(19)23-15-22(17(3)14-18(23)4)20-12-8-6-10-16(20)2/h6-15H,5H2,1-4H3. The van der Waals surface area contributed by atoms with Gasteiger partial charge in [0.1, 0.15) is 0 Å². The summed E-state index contributed by atoms with van der Waals surface area (Å²) >= 11 is 0. The van der Waals surface area contributed by atoms with Crippen LogP contribution in [0.2, 0.25) is 0 Å². The van der Waals surface area contributed by atoms with Gasteiger partial charge in [0.15, 0.2) is 0 Å². The lowest BCUT2D eigenvalue weighted by Crippen LogP contribution is -1.94. The minimum absolute atomic E-state index is 1.06. The van der Waals surface area contributed by atoms with E-state index in [0.717, 1.165) is 6.42 Å². The van der Waals surface area contributed by atoms with E-state index in [9.17, 15) is 0 Å². The average Bonchev–Trinajstić information content (AvgIpc) is 2.56. The third-order valence-electron chi connectivity index (χ3n) is 4.70. The Hall–Kier alpha value is -2.34. The predicted molar refractivity (Wildman–Crippen MR) is 101 cm³/mol. The van der Waals surface area contributed by atoms with Gasteiger partial charge in [-0.3, -0.25) is 0 Å². The first-order valence-electron chi connectivity index (χ1n) is 8.37. The molecule has 0 heteroatoms. The summed E-state index contributed by atoms with van der Waals surface area (Å²) in [5, 5.41) is 0. The summed E-state index contributed by atoms with van der Waals surface area (Å²) in [7, 11) is 0. The Kier molecular flexibility index (Phi) is 4.34. The molecular weight excluding hydrogens is 276 g/mol. The Morgan fingerprint density at radius 3 is 1.78 bits per heavy atom. The van der Waals surface area contributed by atoms with Crippen LogP contribution in [0.4, 0.5) is 0 Å². The number of rotatable bonds is 3. The average molecular weight is 300 g/mol. The molecule has 0 aliphatic rings. The van der Waals surface area contributed by atoms with Crippen LogP contribution in [0.1, 0.15) is 29.2 Å². The van der Waals surface area contributed by atoms with Gasteiger partial charge in [0.25, 0.3) is 0 Å². The van der Waals surface area contributed by atoms with Gasteiger partial charge in [-0.25, -0.2) is 0 Å². The largest absolute Gasteiger partial charge is 0.0620 e. The molecule has 0 fully saturated rings. The second kappa shape index (κ2) is 6.42. The van der Waals surface area contributed by atoms with Crippen molar-refractivity contribution in [3.8, 4) is 22.3 Å². The van der Waals surface area contributed by atoms with Crippen molar-refractivity contribution < 1.29 is 0 Å². The molecule has 3 rings (SSSR count).